The summed E-state index contributed by atoms with van der Waals surface area (Å²) >= 11 is 0. The average molecular weight is 328 g/mol. The standard InChI is InChI=1S/C17H16N2O5/c1-3-11-8-17(10-18,16(21)24-2)15(14(11)9-20)12-4-6-13(7-5-12)19(22)23/h3-7,9,11,14-15H,1,8H2,2H3/t11-,14-,15+,17-/m0/s1. The highest BCUT2D eigenvalue weighted by atomic mass is 16.6. The number of carbonyl (C=O) groups excluding carboxylic acids is 2. The number of methoxy groups -OCH3 is 1. The molecule has 0 amide bonds. The van der Waals surface area contributed by atoms with Crippen molar-refractivity contribution in [3.8, 4) is 6.07 Å². The first-order valence-corrected chi connectivity index (χ1v) is 7.27. The minimum absolute atomic E-state index is 0.111. The van der Waals surface area contributed by atoms with E-state index >= 15 is 0 Å². The van der Waals surface area contributed by atoms with Crippen LogP contribution in [-0.2, 0) is 14.3 Å². The smallest absolute Gasteiger partial charge is 0.326 e. The highest BCUT2D eigenvalue weighted by Crippen LogP contribution is 2.55. The fourth-order valence-electron chi connectivity index (χ4n) is 3.49. The third-order valence-corrected chi connectivity index (χ3v) is 4.64. The van der Waals surface area contributed by atoms with Crippen LogP contribution in [0, 0.1) is 38.7 Å². The molecule has 1 saturated carbocycles. The summed E-state index contributed by atoms with van der Waals surface area (Å²) in [5, 5.41) is 20.5. The molecule has 124 valence electrons. The van der Waals surface area contributed by atoms with Crippen LogP contribution in [0.1, 0.15) is 17.9 Å². The van der Waals surface area contributed by atoms with E-state index in [2.05, 4.69) is 6.58 Å². The number of rotatable bonds is 5. The highest BCUT2D eigenvalue weighted by Gasteiger charge is 2.59. The van der Waals surface area contributed by atoms with E-state index in [9.17, 15) is 25.0 Å². The summed E-state index contributed by atoms with van der Waals surface area (Å²) < 4.78 is 4.81. The molecule has 1 aliphatic carbocycles. The Balaban J connectivity index is 2.60. The van der Waals surface area contributed by atoms with E-state index in [4.69, 9.17) is 4.74 Å². The second-order valence-corrected chi connectivity index (χ2v) is 5.72. The van der Waals surface area contributed by atoms with Crippen LogP contribution in [0.3, 0.4) is 0 Å². The zero-order valence-corrected chi connectivity index (χ0v) is 13.0. The summed E-state index contributed by atoms with van der Waals surface area (Å²) in [5.74, 6) is -2.47. The first kappa shape index (κ1) is 17.3. The van der Waals surface area contributed by atoms with Crippen LogP contribution in [0.5, 0.6) is 0 Å². The van der Waals surface area contributed by atoms with Gasteiger partial charge in [0.1, 0.15) is 6.29 Å². The van der Waals surface area contributed by atoms with Gasteiger partial charge in [0.05, 0.1) is 18.1 Å². The number of hydrogen-bond donors (Lipinski definition) is 0. The Morgan fingerprint density at radius 1 is 1.50 bits per heavy atom. The van der Waals surface area contributed by atoms with Crippen molar-refractivity contribution in [2.75, 3.05) is 7.11 Å². The Morgan fingerprint density at radius 2 is 2.12 bits per heavy atom. The van der Waals surface area contributed by atoms with E-state index in [0.717, 1.165) is 0 Å². The molecule has 0 heterocycles. The van der Waals surface area contributed by atoms with Crippen LogP contribution in [-0.4, -0.2) is 24.3 Å². The van der Waals surface area contributed by atoms with Gasteiger partial charge in [-0.3, -0.25) is 14.9 Å². The molecule has 7 nitrogen and oxygen atoms in total. The van der Waals surface area contributed by atoms with Gasteiger partial charge in [-0.25, -0.2) is 0 Å². The maximum absolute atomic E-state index is 12.3. The maximum atomic E-state index is 12.3. The molecule has 7 heteroatoms. The summed E-state index contributed by atoms with van der Waals surface area (Å²) in [4.78, 5) is 34.2. The van der Waals surface area contributed by atoms with Crippen molar-refractivity contribution in [3.05, 3.63) is 52.6 Å². The molecule has 1 aromatic rings. The van der Waals surface area contributed by atoms with Gasteiger partial charge >= 0.3 is 5.97 Å². The number of aldehydes is 1. The lowest BCUT2D eigenvalue weighted by Gasteiger charge is -2.27. The topological polar surface area (TPSA) is 110 Å². The van der Waals surface area contributed by atoms with Gasteiger partial charge in [-0.1, -0.05) is 18.2 Å². The predicted molar refractivity (Wildman–Crippen MR) is 83.8 cm³/mol. The number of ether oxygens (including phenoxy) is 1. The lowest BCUT2D eigenvalue weighted by atomic mass is 9.72. The molecular formula is C17H16N2O5. The summed E-state index contributed by atoms with van der Waals surface area (Å²) in [7, 11) is 1.19. The molecule has 0 unspecified atom stereocenters. The van der Waals surface area contributed by atoms with Crippen molar-refractivity contribution in [1.29, 1.82) is 5.26 Å². The van der Waals surface area contributed by atoms with E-state index in [0.29, 0.717) is 11.8 Å². The summed E-state index contributed by atoms with van der Waals surface area (Å²) in [6.07, 6.45) is 2.38. The molecule has 1 aromatic carbocycles. The predicted octanol–water partition coefficient (Wildman–Crippen LogP) is 2.38. The van der Waals surface area contributed by atoms with Crippen LogP contribution in [0.4, 0.5) is 5.69 Å². The van der Waals surface area contributed by atoms with E-state index in [-0.39, 0.29) is 18.0 Å². The quantitative estimate of drug-likeness (QED) is 0.270. The molecule has 0 saturated heterocycles. The van der Waals surface area contributed by atoms with Crippen molar-refractivity contribution in [2.24, 2.45) is 17.3 Å². The van der Waals surface area contributed by atoms with Gasteiger partial charge in [-0.15, -0.1) is 6.58 Å². The minimum atomic E-state index is -1.53. The van der Waals surface area contributed by atoms with Gasteiger partial charge in [0.25, 0.3) is 5.69 Å². The molecule has 0 N–H and O–H groups in total. The number of benzene rings is 1. The van der Waals surface area contributed by atoms with E-state index in [1.807, 2.05) is 6.07 Å². The molecule has 0 spiro atoms. The fourth-order valence-corrected chi connectivity index (χ4v) is 3.49. The SMILES string of the molecule is C=C[C@H]1C[C@@](C#N)(C(=O)OC)[C@H](c2ccc([N+](=O)[O-])cc2)[C@H]1C=O. The van der Waals surface area contributed by atoms with Crippen LogP contribution in [0.25, 0.3) is 0 Å². The van der Waals surface area contributed by atoms with Crippen LogP contribution in [0.15, 0.2) is 36.9 Å². The summed E-state index contributed by atoms with van der Waals surface area (Å²) in [6, 6.07) is 7.55. The van der Waals surface area contributed by atoms with Crippen molar-refractivity contribution in [3.63, 3.8) is 0 Å². The van der Waals surface area contributed by atoms with Crippen LogP contribution < -0.4 is 0 Å². The molecule has 1 aliphatic rings. The largest absolute Gasteiger partial charge is 0.468 e. The van der Waals surface area contributed by atoms with Crippen molar-refractivity contribution in [2.45, 2.75) is 12.3 Å². The molecule has 0 radical (unpaired) electrons. The number of allylic oxidation sites excluding steroid dienone is 1. The van der Waals surface area contributed by atoms with Gasteiger partial charge in [-0.2, -0.15) is 5.26 Å². The number of nitro benzene ring substituents is 1. The lowest BCUT2D eigenvalue weighted by Crippen LogP contribution is -2.35. The Labute approximate surface area is 138 Å². The van der Waals surface area contributed by atoms with Gasteiger partial charge in [-0.05, 0) is 17.9 Å². The van der Waals surface area contributed by atoms with Gasteiger partial charge < -0.3 is 9.53 Å². The van der Waals surface area contributed by atoms with Gasteiger partial charge in [0, 0.05) is 24.0 Å². The summed E-state index contributed by atoms with van der Waals surface area (Å²) in [6.45, 7) is 3.68. The summed E-state index contributed by atoms with van der Waals surface area (Å²) in [5.41, 5.74) is -1.13. The third kappa shape index (κ3) is 2.56. The van der Waals surface area contributed by atoms with Gasteiger partial charge in [0.2, 0.25) is 0 Å². The van der Waals surface area contributed by atoms with Crippen LogP contribution in [0.2, 0.25) is 0 Å². The average Bonchev–Trinajstić information content (AvgIpc) is 2.95. The Hall–Kier alpha value is -3.01. The van der Waals surface area contributed by atoms with E-state index in [1.165, 1.54) is 31.4 Å². The van der Waals surface area contributed by atoms with Crippen molar-refractivity contribution in [1.82, 2.24) is 0 Å². The number of nitro groups is 1. The zero-order valence-electron chi connectivity index (χ0n) is 13.0. The Bertz CT molecular complexity index is 721. The number of esters is 1. The molecule has 24 heavy (non-hydrogen) atoms. The maximum Gasteiger partial charge on any atom is 0.326 e. The van der Waals surface area contributed by atoms with E-state index < -0.39 is 28.1 Å². The number of carbonyl (C=O) groups is 2. The first-order chi connectivity index (χ1) is 11.4. The fraction of sp³-hybridized carbons (Fsp3) is 0.353. The first-order valence-electron chi connectivity index (χ1n) is 7.27. The molecule has 4 atom stereocenters. The highest BCUT2D eigenvalue weighted by molar-refractivity contribution is 5.84. The second-order valence-electron chi connectivity index (χ2n) is 5.72. The molecule has 1 fully saturated rings. The lowest BCUT2D eigenvalue weighted by molar-refractivity contribution is -0.384. The van der Waals surface area contributed by atoms with Crippen molar-refractivity contribution < 1.29 is 19.2 Å². The van der Waals surface area contributed by atoms with E-state index in [1.54, 1.807) is 6.08 Å². The normalized spacial score (nSPS) is 28.6. The Morgan fingerprint density at radius 3 is 2.54 bits per heavy atom. The monoisotopic (exact) mass is 328 g/mol. The molecule has 2 rings (SSSR count). The second kappa shape index (κ2) is 6.62. The number of hydrogen-bond acceptors (Lipinski definition) is 6. The number of nitriles is 1. The third-order valence-electron chi connectivity index (χ3n) is 4.64. The molecular weight excluding hydrogens is 312 g/mol. The van der Waals surface area contributed by atoms with Gasteiger partial charge in [0.15, 0.2) is 5.41 Å². The van der Waals surface area contributed by atoms with Crippen LogP contribution >= 0.6 is 0 Å². The zero-order chi connectivity index (χ0) is 17.9. The Kier molecular flexibility index (Phi) is 4.79. The number of nitrogens with zero attached hydrogens (tertiary/aromatic N) is 2. The molecule has 0 bridgehead atoms. The number of non-ortho nitro benzene ring substituents is 1. The molecule has 0 aromatic heterocycles. The van der Waals surface area contributed by atoms with Crippen molar-refractivity contribution >= 4 is 17.9 Å². The minimum Gasteiger partial charge on any atom is -0.468 e. The molecule has 0 aliphatic heterocycles.